The van der Waals surface area contributed by atoms with E-state index in [1.165, 1.54) is 16.7 Å². The maximum atomic E-state index is 6.00. The minimum Gasteiger partial charge on any atom is -0.328 e. The highest BCUT2D eigenvalue weighted by Gasteiger charge is 2.20. The molecule has 3 N–H and O–H groups in total. The van der Waals surface area contributed by atoms with Gasteiger partial charge >= 0.3 is 0 Å². The first-order chi connectivity index (χ1) is 7.16. The second-order valence-corrected chi connectivity index (χ2v) is 4.65. The van der Waals surface area contributed by atoms with Crippen molar-refractivity contribution in [3.8, 4) is 0 Å². The summed E-state index contributed by atoms with van der Waals surface area (Å²) in [6.45, 7) is 5.36. The van der Waals surface area contributed by atoms with E-state index in [1.807, 2.05) is 0 Å². The molecule has 1 aromatic carbocycles. The predicted molar refractivity (Wildman–Crippen MR) is 63.9 cm³/mol. The summed E-state index contributed by atoms with van der Waals surface area (Å²) < 4.78 is 0. The van der Waals surface area contributed by atoms with Crippen molar-refractivity contribution in [3.63, 3.8) is 0 Å². The first kappa shape index (κ1) is 10.7. The highest BCUT2D eigenvalue weighted by atomic mass is 14.9. The fraction of sp³-hybridized carbons (Fsp3) is 0.538. The summed E-state index contributed by atoms with van der Waals surface area (Å²) in [6, 6.07) is 7.48. The quantitative estimate of drug-likeness (QED) is 0.735. The Morgan fingerprint density at radius 2 is 2.13 bits per heavy atom. The molecule has 82 valence electrons. The molecule has 1 aromatic rings. The predicted octanol–water partition coefficient (Wildman–Crippen LogP) is 2.06. The average molecular weight is 204 g/mol. The van der Waals surface area contributed by atoms with Crippen molar-refractivity contribution in [1.82, 2.24) is 5.32 Å². The lowest BCUT2D eigenvalue weighted by molar-refractivity contribution is 0.368. The van der Waals surface area contributed by atoms with Crippen molar-refractivity contribution >= 4 is 0 Å². The van der Waals surface area contributed by atoms with Crippen LogP contribution in [-0.4, -0.2) is 12.6 Å². The Labute approximate surface area is 91.9 Å². The highest BCUT2D eigenvalue weighted by molar-refractivity contribution is 5.33. The Kier molecular flexibility index (Phi) is 3.08. The fourth-order valence-corrected chi connectivity index (χ4v) is 2.40. The van der Waals surface area contributed by atoms with Crippen LogP contribution in [0.3, 0.4) is 0 Å². The van der Waals surface area contributed by atoms with E-state index >= 15 is 0 Å². The summed E-state index contributed by atoms with van der Waals surface area (Å²) in [5.74, 6) is 0. The summed E-state index contributed by atoms with van der Waals surface area (Å²) in [6.07, 6.45) is 2.16. The number of benzene rings is 1. The molecular formula is C13H20N2. The normalized spacial score (nSPS) is 26.6. The van der Waals surface area contributed by atoms with Crippen molar-refractivity contribution in [2.45, 2.75) is 38.8 Å². The molecule has 0 bridgehead atoms. The molecule has 0 aliphatic carbocycles. The van der Waals surface area contributed by atoms with Crippen LogP contribution in [-0.2, 0) is 0 Å². The SMILES string of the molecule is Cc1ccc([C@@H]2C[C@H](N)CCN2)c(C)c1. The van der Waals surface area contributed by atoms with E-state index in [0.29, 0.717) is 12.1 Å². The largest absolute Gasteiger partial charge is 0.328 e. The molecule has 0 spiro atoms. The van der Waals surface area contributed by atoms with Crippen molar-refractivity contribution in [2.24, 2.45) is 5.73 Å². The van der Waals surface area contributed by atoms with Crippen molar-refractivity contribution in [1.29, 1.82) is 0 Å². The Hall–Kier alpha value is -0.860. The maximum Gasteiger partial charge on any atom is 0.0337 e. The van der Waals surface area contributed by atoms with Gasteiger partial charge in [-0.1, -0.05) is 23.8 Å². The van der Waals surface area contributed by atoms with Gasteiger partial charge in [-0.25, -0.2) is 0 Å². The molecule has 2 atom stereocenters. The number of aryl methyl sites for hydroxylation is 2. The van der Waals surface area contributed by atoms with Crippen LogP contribution in [0.1, 0.15) is 35.6 Å². The summed E-state index contributed by atoms with van der Waals surface area (Å²) in [5, 5.41) is 3.55. The highest BCUT2D eigenvalue weighted by Crippen LogP contribution is 2.25. The van der Waals surface area contributed by atoms with Gasteiger partial charge < -0.3 is 11.1 Å². The molecule has 0 saturated carbocycles. The van der Waals surface area contributed by atoms with Crippen molar-refractivity contribution < 1.29 is 0 Å². The molecule has 2 nitrogen and oxygen atoms in total. The third-order valence-electron chi connectivity index (χ3n) is 3.25. The zero-order valence-corrected chi connectivity index (χ0v) is 9.59. The van der Waals surface area contributed by atoms with Gasteiger partial charge in [-0.05, 0) is 44.4 Å². The van der Waals surface area contributed by atoms with Gasteiger partial charge in [0.2, 0.25) is 0 Å². The first-order valence-corrected chi connectivity index (χ1v) is 5.73. The summed E-state index contributed by atoms with van der Waals surface area (Å²) in [4.78, 5) is 0. The van der Waals surface area contributed by atoms with Gasteiger partial charge in [-0.15, -0.1) is 0 Å². The molecule has 0 radical (unpaired) electrons. The standard InChI is InChI=1S/C13H20N2/c1-9-3-4-12(10(2)7-9)13-8-11(14)5-6-15-13/h3-4,7,11,13,15H,5-6,8,14H2,1-2H3/t11-,13+/m1/s1. The minimum absolute atomic E-state index is 0.358. The maximum absolute atomic E-state index is 6.00. The average Bonchev–Trinajstić information content (AvgIpc) is 2.17. The van der Waals surface area contributed by atoms with Gasteiger partial charge in [0, 0.05) is 12.1 Å². The molecule has 0 amide bonds. The zero-order valence-electron chi connectivity index (χ0n) is 9.59. The second-order valence-electron chi connectivity index (χ2n) is 4.65. The van der Waals surface area contributed by atoms with Crippen LogP contribution in [0.25, 0.3) is 0 Å². The van der Waals surface area contributed by atoms with Gasteiger partial charge in [0.05, 0.1) is 0 Å². The molecule has 15 heavy (non-hydrogen) atoms. The minimum atomic E-state index is 0.358. The molecule has 1 aliphatic heterocycles. The molecule has 2 rings (SSSR count). The van der Waals surface area contributed by atoms with Gasteiger partial charge in [-0.2, -0.15) is 0 Å². The Bertz CT molecular complexity index is 346. The third kappa shape index (κ3) is 2.39. The topological polar surface area (TPSA) is 38.0 Å². The van der Waals surface area contributed by atoms with Crippen LogP contribution < -0.4 is 11.1 Å². The van der Waals surface area contributed by atoms with Crippen LogP contribution >= 0.6 is 0 Å². The van der Waals surface area contributed by atoms with E-state index in [4.69, 9.17) is 5.73 Å². The van der Waals surface area contributed by atoms with E-state index in [0.717, 1.165) is 19.4 Å². The number of piperidine rings is 1. The van der Waals surface area contributed by atoms with Crippen molar-refractivity contribution in [3.05, 3.63) is 34.9 Å². The lowest BCUT2D eigenvalue weighted by Crippen LogP contribution is -2.38. The fourth-order valence-electron chi connectivity index (χ4n) is 2.40. The number of hydrogen-bond donors (Lipinski definition) is 2. The van der Waals surface area contributed by atoms with Gasteiger partial charge in [0.25, 0.3) is 0 Å². The summed E-state index contributed by atoms with van der Waals surface area (Å²) in [7, 11) is 0. The Morgan fingerprint density at radius 1 is 1.33 bits per heavy atom. The molecule has 1 saturated heterocycles. The van der Waals surface area contributed by atoms with Crippen LogP contribution in [0, 0.1) is 13.8 Å². The van der Waals surface area contributed by atoms with Gasteiger partial charge in [0.15, 0.2) is 0 Å². The monoisotopic (exact) mass is 204 g/mol. The molecule has 0 aromatic heterocycles. The Balaban J connectivity index is 2.21. The smallest absolute Gasteiger partial charge is 0.0337 e. The number of nitrogens with two attached hydrogens (primary N) is 1. The lowest BCUT2D eigenvalue weighted by Gasteiger charge is -2.29. The summed E-state index contributed by atoms with van der Waals surface area (Å²) in [5.41, 5.74) is 10.1. The molecule has 1 heterocycles. The van der Waals surface area contributed by atoms with E-state index in [1.54, 1.807) is 0 Å². The molecule has 0 unspecified atom stereocenters. The number of rotatable bonds is 1. The Morgan fingerprint density at radius 3 is 2.80 bits per heavy atom. The second kappa shape index (κ2) is 4.33. The van der Waals surface area contributed by atoms with Crippen molar-refractivity contribution in [2.75, 3.05) is 6.54 Å². The van der Waals surface area contributed by atoms with Crippen LogP contribution in [0.5, 0.6) is 0 Å². The molecular weight excluding hydrogens is 184 g/mol. The van der Waals surface area contributed by atoms with E-state index in [2.05, 4.69) is 37.4 Å². The van der Waals surface area contributed by atoms with E-state index in [9.17, 15) is 0 Å². The lowest BCUT2D eigenvalue weighted by atomic mass is 9.91. The van der Waals surface area contributed by atoms with E-state index in [-0.39, 0.29) is 0 Å². The zero-order chi connectivity index (χ0) is 10.8. The van der Waals surface area contributed by atoms with Crippen LogP contribution in [0.4, 0.5) is 0 Å². The van der Waals surface area contributed by atoms with Gasteiger partial charge in [0.1, 0.15) is 0 Å². The van der Waals surface area contributed by atoms with E-state index < -0.39 is 0 Å². The first-order valence-electron chi connectivity index (χ1n) is 5.73. The third-order valence-corrected chi connectivity index (χ3v) is 3.25. The molecule has 1 fully saturated rings. The van der Waals surface area contributed by atoms with Crippen LogP contribution in [0.2, 0.25) is 0 Å². The number of nitrogens with one attached hydrogen (secondary N) is 1. The number of hydrogen-bond acceptors (Lipinski definition) is 2. The molecule has 2 heteroatoms. The summed E-state index contributed by atoms with van der Waals surface area (Å²) >= 11 is 0. The molecule has 1 aliphatic rings. The van der Waals surface area contributed by atoms with Gasteiger partial charge in [-0.3, -0.25) is 0 Å². The van der Waals surface area contributed by atoms with Crippen LogP contribution in [0.15, 0.2) is 18.2 Å².